The summed E-state index contributed by atoms with van der Waals surface area (Å²) in [5.74, 6) is -3.50. The maximum Gasteiger partial charge on any atom is 0.240 e. The van der Waals surface area contributed by atoms with Crippen molar-refractivity contribution in [2.75, 3.05) is 4.90 Å². The molecule has 7 heteroatoms. The second kappa shape index (κ2) is 6.97. The minimum atomic E-state index is -0.891. The van der Waals surface area contributed by atoms with Gasteiger partial charge in [-0.15, -0.1) is 11.3 Å². The molecule has 0 bridgehead atoms. The number of hydrogen-bond acceptors (Lipinski definition) is 5. The maximum atomic E-state index is 14.6. The molecule has 3 aromatic rings. The summed E-state index contributed by atoms with van der Waals surface area (Å²) >= 11 is 1.31. The number of anilines is 1. The number of benzene rings is 2. The summed E-state index contributed by atoms with van der Waals surface area (Å²) in [6.07, 6.45) is 3.72. The molecule has 3 aliphatic heterocycles. The fraction of sp³-hybridized carbons (Fsp3) is 0.160. The highest BCUT2D eigenvalue weighted by atomic mass is 32.1. The van der Waals surface area contributed by atoms with Crippen molar-refractivity contribution in [1.82, 2.24) is 4.90 Å². The fourth-order valence-corrected chi connectivity index (χ4v) is 5.99. The number of nitrogens with zero attached hydrogens (tertiary/aromatic N) is 2. The van der Waals surface area contributed by atoms with Crippen LogP contribution in [0.2, 0.25) is 0 Å². The molecule has 2 aromatic carbocycles. The molecule has 1 aromatic heterocycles. The third-order valence-corrected chi connectivity index (χ3v) is 7.47. The maximum absolute atomic E-state index is 14.6. The minimum Gasteiger partial charge on any atom is -0.358 e. The van der Waals surface area contributed by atoms with Crippen LogP contribution in [0.4, 0.5) is 10.1 Å². The predicted molar refractivity (Wildman–Crippen MR) is 118 cm³/mol. The smallest absolute Gasteiger partial charge is 0.240 e. The number of carbonyl (C=O) groups excluding carboxylic acids is 3. The van der Waals surface area contributed by atoms with Gasteiger partial charge in [-0.1, -0.05) is 42.5 Å². The average molecular weight is 444 g/mol. The zero-order valence-corrected chi connectivity index (χ0v) is 17.5. The van der Waals surface area contributed by atoms with E-state index in [0.717, 1.165) is 16.0 Å². The van der Waals surface area contributed by atoms with Gasteiger partial charge >= 0.3 is 0 Å². The molecule has 4 heterocycles. The number of amides is 2. The Morgan fingerprint density at radius 1 is 0.906 bits per heavy atom. The van der Waals surface area contributed by atoms with E-state index in [-0.39, 0.29) is 11.5 Å². The van der Waals surface area contributed by atoms with Gasteiger partial charge in [0.05, 0.1) is 28.4 Å². The van der Waals surface area contributed by atoms with Gasteiger partial charge in [0.1, 0.15) is 11.9 Å². The molecule has 2 amide bonds. The van der Waals surface area contributed by atoms with E-state index < -0.39 is 41.6 Å². The van der Waals surface area contributed by atoms with E-state index in [1.165, 1.54) is 29.5 Å². The Hall–Kier alpha value is -3.58. The van der Waals surface area contributed by atoms with Crippen LogP contribution in [0.25, 0.3) is 6.08 Å². The lowest BCUT2D eigenvalue weighted by atomic mass is 9.84. The highest BCUT2D eigenvalue weighted by Gasteiger charge is 2.64. The number of halogens is 1. The van der Waals surface area contributed by atoms with E-state index in [0.29, 0.717) is 4.88 Å². The molecular formula is C25H17FN2O3S. The minimum absolute atomic E-state index is 0.0644. The zero-order valence-electron chi connectivity index (χ0n) is 16.7. The van der Waals surface area contributed by atoms with E-state index >= 15 is 0 Å². The summed E-state index contributed by atoms with van der Waals surface area (Å²) in [6, 6.07) is 15.6. The molecule has 32 heavy (non-hydrogen) atoms. The molecular weight excluding hydrogens is 427 g/mol. The van der Waals surface area contributed by atoms with E-state index in [4.69, 9.17) is 0 Å². The lowest BCUT2D eigenvalue weighted by Crippen LogP contribution is -2.44. The Morgan fingerprint density at radius 3 is 2.44 bits per heavy atom. The van der Waals surface area contributed by atoms with Gasteiger partial charge in [-0.3, -0.25) is 14.4 Å². The molecule has 0 N–H and O–H groups in total. The molecule has 4 atom stereocenters. The van der Waals surface area contributed by atoms with E-state index in [2.05, 4.69) is 0 Å². The van der Waals surface area contributed by atoms with E-state index in [1.54, 1.807) is 18.2 Å². The van der Waals surface area contributed by atoms with Crippen molar-refractivity contribution in [2.45, 2.75) is 12.1 Å². The second-order valence-electron chi connectivity index (χ2n) is 8.14. The van der Waals surface area contributed by atoms with Gasteiger partial charge in [-0.05, 0) is 40.8 Å². The number of carbonyl (C=O) groups is 3. The summed E-state index contributed by atoms with van der Waals surface area (Å²) in [6.45, 7) is 0. The summed E-state index contributed by atoms with van der Waals surface area (Å²) in [5.41, 5.74) is 1.77. The van der Waals surface area contributed by atoms with Crippen molar-refractivity contribution >= 4 is 40.7 Å². The third kappa shape index (κ3) is 2.51. The van der Waals surface area contributed by atoms with Crippen molar-refractivity contribution < 1.29 is 18.8 Å². The lowest BCUT2D eigenvalue weighted by Gasteiger charge is -2.35. The standard InChI is InChI=1S/C25H17FN2O3S/c26-16-8-3-4-9-17(16)28-24(30)19-20(25(28)31)22(23(29)18-10-5-13-32-18)27-12-11-14-6-1-2-7-15(14)21(19)27/h1-13,19-22H/t19-,20+,21-,22-/m0/s1. The average Bonchev–Trinajstić information content (AvgIpc) is 3.51. The second-order valence-corrected chi connectivity index (χ2v) is 9.09. The first-order chi connectivity index (χ1) is 15.6. The normalized spacial score (nSPS) is 25.7. The first-order valence-corrected chi connectivity index (χ1v) is 11.2. The van der Waals surface area contributed by atoms with Crippen molar-refractivity contribution in [3.8, 4) is 0 Å². The fourth-order valence-electron chi connectivity index (χ4n) is 5.29. The van der Waals surface area contributed by atoms with Crippen LogP contribution < -0.4 is 4.90 Å². The highest BCUT2D eigenvalue weighted by Crippen LogP contribution is 2.53. The number of Topliss-reactive ketones (excluding diaryl/α,β-unsaturated/α-hetero) is 1. The molecule has 0 unspecified atom stereocenters. The molecule has 5 nitrogen and oxygen atoms in total. The number of thiophene rings is 1. The Labute approximate surface area is 187 Å². The first kappa shape index (κ1) is 19.1. The topological polar surface area (TPSA) is 57.7 Å². The summed E-state index contributed by atoms with van der Waals surface area (Å²) < 4.78 is 14.6. The Balaban J connectivity index is 1.52. The van der Waals surface area contributed by atoms with Gasteiger partial charge in [0.25, 0.3) is 0 Å². The molecule has 2 saturated heterocycles. The zero-order chi connectivity index (χ0) is 22.0. The molecule has 3 aliphatic rings. The van der Waals surface area contributed by atoms with Gasteiger partial charge in [-0.2, -0.15) is 0 Å². The number of fused-ring (bicyclic) bond motifs is 5. The van der Waals surface area contributed by atoms with Crippen LogP contribution in [0.1, 0.15) is 26.8 Å². The monoisotopic (exact) mass is 444 g/mol. The van der Waals surface area contributed by atoms with Crippen LogP contribution in [-0.2, 0) is 9.59 Å². The summed E-state index contributed by atoms with van der Waals surface area (Å²) in [7, 11) is 0. The molecule has 2 fully saturated rings. The van der Waals surface area contributed by atoms with Crippen LogP contribution in [0.5, 0.6) is 0 Å². The molecule has 0 saturated carbocycles. The van der Waals surface area contributed by atoms with Gasteiger partial charge in [0.2, 0.25) is 11.8 Å². The van der Waals surface area contributed by atoms with Crippen LogP contribution in [0, 0.1) is 17.7 Å². The number of ketones is 1. The van der Waals surface area contributed by atoms with E-state index in [1.807, 2.05) is 46.8 Å². The van der Waals surface area contributed by atoms with Gasteiger partial charge < -0.3 is 4.90 Å². The van der Waals surface area contributed by atoms with Crippen LogP contribution in [0.3, 0.4) is 0 Å². The largest absolute Gasteiger partial charge is 0.358 e. The first-order valence-electron chi connectivity index (χ1n) is 10.3. The number of imide groups is 1. The summed E-state index contributed by atoms with van der Waals surface area (Å²) in [4.78, 5) is 44.2. The number of hydrogen-bond donors (Lipinski definition) is 0. The Kier molecular flexibility index (Phi) is 4.16. The lowest BCUT2D eigenvalue weighted by molar-refractivity contribution is -0.123. The highest BCUT2D eigenvalue weighted by molar-refractivity contribution is 7.12. The Bertz CT molecular complexity index is 1300. The third-order valence-electron chi connectivity index (χ3n) is 6.59. The van der Waals surface area contributed by atoms with Crippen molar-refractivity contribution in [3.63, 3.8) is 0 Å². The molecule has 0 radical (unpaired) electrons. The van der Waals surface area contributed by atoms with Gasteiger partial charge in [-0.25, -0.2) is 9.29 Å². The Morgan fingerprint density at radius 2 is 1.66 bits per heavy atom. The molecule has 0 spiro atoms. The number of para-hydroxylation sites is 1. The van der Waals surface area contributed by atoms with Crippen molar-refractivity contribution in [3.05, 3.63) is 94.1 Å². The van der Waals surface area contributed by atoms with Crippen LogP contribution in [-0.4, -0.2) is 28.5 Å². The van der Waals surface area contributed by atoms with Gasteiger partial charge in [0, 0.05) is 6.20 Å². The predicted octanol–water partition coefficient (Wildman–Crippen LogP) is 4.29. The molecule has 158 valence electrons. The molecule has 0 aliphatic carbocycles. The molecule has 6 rings (SSSR count). The van der Waals surface area contributed by atoms with Crippen molar-refractivity contribution in [2.24, 2.45) is 11.8 Å². The van der Waals surface area contributed by atoms with Gasteiger partial charge in [0.15, 0.2) is 5.78 Å². The quantitative estimate of drug-likeness (QED) is 0.447. The number of rotatable bonds is 3. The van der Waals surface area contributed by atoms with Crippen LogP contribution >= 0.6 is 11.3 Å². The van der Waals surface area contributed by atoms with E-state index in [9.17, 15) is 18.8 Å². The SMILES string of the molecule is O=C(c1cccs1)[C@@H]1[C@@H]2C(=O)N(c3ccccc3F)C(=O)[C@@H]2[C@@H]2c3ccccc3C=CN12. The summed E-state index contributed by atoms with van der Waals surface area (Å²) in [5, 5.41) is 1.81. The van der Waals surface area contributed by atoms with Crippen molar-refractivity contribution in [1.29, 1.82) is 0 Å². The van der Waals surface area contributed by atoms with Crippen LogP contribution in [0.15, 0.2) is 72.2 Å².